The summed E-state index contributed by atoms with van der Waals surface area (Å²) in [4.78, 5) is 0. The molecule has 102 valence electrons. The number of furan rings is 1. The summed E-state index contributed by atoms with van der Waals surface area (Å²) in [5, 5.41) is 10.0. The molecule has 1 aliphatic carbocycles. The highest BCUT2D eigenvalue weighted by Crippen LogP contribution is 2.37. The van der Waals surface area contributed by atoms with Crippen molar-refractivity contribution in [2.45, 2.75) is 44.0 Å². The molecule has 0 aromatic carbocycles. The summed E-state index contributed by atoms with van der Waals surface area (Å²) in [6.45, 7) is 1.81. The van der Waals surface area contributed by atoms with Gasteiger partial charge in [0, 0.05) is 11.8 Å². The molecule has 0 saturated heterocycles. The Balaban J connectivity index is 2.12. The summed E-state index contributed by atoms with van der Waals surface area (Å²) in [7, 11) is -3.01. The van der Waals surface area contributed by atoms with Crippen LogP contribution in [0.25, 0.3) is 0 Å². The topological polar surface area (TPSA) is 67.5 Å². The van der Waals surface area contributed by atoms with Crippen LogP contribution in [0.2, 0.25) is 0 Å². The summed E-state index contributed by atoms with van der Waals surface area (Å²) < 4.78 is 28.4. The second-order valence-corrected chi connectivity index (χ2v) is 7.58. The molecular weight excluding hydrogens is 252 g/mol. The lowest BCUT2D eigenvalue weighted by Crippen LogP contribution is -2.30. The van der Waals surface area contributed by atoms with Crippen LogP contribution in [0.1, 0.15) is 43.1 Å². The first-order valence-corrected chi connectivity index (χ1v) is 8.26. The van der Waals surface area contributed by atoms with E-state index in [1.54, 1.807) is 12.3 Å². The highest BCUT2D eigenvalue weighted by Gasteiger charge is 2.33. The average Bonchev–Trinajstić information content (AvgIpc) is 2.73. The standard InChI is InChI=1S/C13H20O4S/c1-9-12(6-7-17-9)13(14)10-4-3-5-11(8-10)18(2,15)16/h6-7,10-11,13-14H,3-5,8H2,1-2H3. The minimum absolute atomic E-state index is 0.00905. The number of aliphatic hydroxyl groups excluding tert-OH is 1. The monoisotopic (exact) mass is 272 g/mol. The van der Waals surface area contributed by atoms with Gasteiger partial charge in [0.2, 0.25) is 0 Å². The van der Waals surface area contributed by atoms with Crippen molar-refractivity contribution in [3.05, 3.63) is 23.7 Å². The SMILES string of the molecule is Cc1occc1C(O)C1CCCC(S(C)(=O)=O)C1. The maximum Gasteiger partial charge on any atom is 0.150 e. The predicted octanol–water partition coefficient (Wildman–Crippen LogP) is 2.22. The van der Waals surface area contributed by atoms with E-state index in [4.69, 9.17) is 4.42 Å². The molecule has 1 aliphatic rings. The first-order valence-electron chi connectivity index (χ1n) is 6.30. The Labute approximate surface area is 108 Å². The van der Waals surface area contributed by atoms with Crippen molar-refractivity contribution in [2.75, 3.05) is 6.26 Å². The maximum absolute atomic E-state index is 11.6. The number of hydrogen-bond donors (Lipinski definition) is 1. The number of rotatable bonds is 3. The summed E-state index contributed by atoms with van der Waals surface area (Å²) >= 11 is 0. The van der Waals surface area contributed by atoms with E-state index in [0.29, 0.717) is 18.6 Å². The Morgan fingerprint density at radius 2 is 2.17 bits per heavy atom. The minimum atomic E-state index is -3.01. The van der Waals surface area contributed by atoms with E-state index in [9.17, 15) is 13.5 Å². The lowest BCUT2D eigenvalue weighted by Gasteiger charge is -2.31. The van der Waals surface area contributed by atoms with Crippen molar-refractivity contribution in [3.63, 3.8) is 0 Å². The quantitative estimate of drug-likeness (QED) is 0.916. The maximum atomic E-state index is 11.6. The molecule has 3 atom stereocenters. The van der Waals surface area contributed by atoms with Gasteiger partial charge >= 0.3 is 0 Å². The van der Waals surface area contributed by atoms with Crippen LogP contribution >= 0.6 is 0 Å². The van der Waals surface area contributed by atoms with Crippen molar-refractivity contribution in [2.24, 2.45) is 5.92 Å². The molecule has 0 amide bonds. The molecule has 1 saturated carbocycles. The molecule has 18 heavy (non-hydrogen) atoms. The fourth-order valence-corrected chi connectivity index (χ4v) is 4.00. The molecule has 1 heterocycles. The first kappa shape index (κ1) is 13.6. The van der Waals surface area contributed by atoms with Gasteiger partial charge in [0.1, 0.15) is 15.6 Å². The lowest BCUT2D eigenvalue weighted by atomic mass is 9.82. The number of hydrogen-bond acceptors (Lipinski definition) is 4. The zero-order chi connectivity index (χ0) is 13.3. The molecule has 1 aromatic heterocycles. The molecule has 3 unspecified atom stereocenters. The molecule has 1 N–H and O–H groups in total. The van der Waals surface area contributed by atoms with Crippen molar-refractivity contribution in [1.29, 1.82) is 0 Å². The van der Waals surface area contributed by atoms with Gasteiger partial charge in [0.25, 0.3) is 0 Å². The largest absolute Gasteiger partial charge is 0.469 e. The summed E-state index contributed by atoms with van der Waals surface area (Å²) in [6.07, 6.45) is 5.22. The fraction of sp³-hybridized carbons (Fsp3) is 0.692. The van der Waals surface area contributed by atoms with Crippen LogP contribution in [0.15, 0.2) is 16.7 Å². The van der Waals surface area contributed by atoms with Gasteiger partial charge < -0.3 is 9.52 Å². The van der Waals surface area contributed by atoms with Gasteiger partial charge in [-0.15, -0.1) is 0 Å². The Kier molecular flexibility index (Phi) is 3.82. The molecule has 0 aliphatic heterocycles. The summed E-state index contributed by atoms with van der Waals surface area (Å²) in [5.74, 6) is 0.721. The fourth-order valence-electron chi connectivity index (χ4n) is 2.81. The zero-order valence-corrected chi connectivity index (χ0v) is 11.6. The molecule has 5 heteroatoms. The second kappa shape index (κ2) is 5.05. The Bertz CT molecular complexity index is 503. The molecule has 4 nitrogen and oxygen atoms in total. The average molecular weight is 272 g/mol. The van der Waals surface area contributed by atoms with Gasteiger partial charge in [0.15, 0.2) is 0 Å². The number of aryl methyl sites for hydroxylation is 1. The van der Waals surface area contributed by atoms with E-state index in [2.05, 4.69) is 0 Å². The van der Waals surface area contributed by atoms with Crippen LogP contribution in [0.3, 0.4) is 0 Å². The van der Waals surface area contributed by atoms with Crippen LogP contribution in [0.5, 0.6) is 0 Å². The molecule has 2 rings (SSSR count). The first-order chi connectivity index (χ1) is 8.39. The molecule has 0 spiro atoms. The van der Waals surface area contributed by atoms with Crippen LogP contribution in [-0.2, 0) is 9.84 Å². The van der Waals surface area contributed by atoms with Crippen molar-refractivity contribution in [1.82, 2.24) is 0 Å². The molecule has 1 aromatic rings. The predicted molar refractivity (Wildman–Crippen MR) is 69.0 cm³/mol. The smallest absolute Gasteiger partial charge is 0.150 e. The van der Waals surface area contributed by atoms with Gasteiger partial charge in [0.05, 0.1) is 17.6 Å². The van der Waals surface area contributed by atoms with Gasteiger partial charge in [-0.05, 0) is 38.2 Å². The van der Waals surface area contributed by atoms with Gasteiger partial charge in [-0.25, -0.2) is 8.42 Å². The summed E-state index contributed by atoms with van der Waals surface area (Å²) in [5.41, 5.74) is 0.786. The molecular formula is C13H20O4S. The Morgan fingerprint density at radius 1 is 1.44 bits per heavy atom. The second-order valence-electron chi connectivity index (χ2n) is 5.26. The number of aliphatic hydroxyl groups is 1. The third-order valence-electron chi connectivity index (χ3n) is 3.94. The third kappa shape index (κ3) is 2.78. The normalized spacial score (nSPS) is 27.1. The third-order valence-corrected chi connectivity index (χ3v) is 5.58. The Hall–Kier alpha value is -0.810. The van der Waals surface area contributed by atoms with E-state index in [1.165, 1.54) is 6.26 Å². The van der Waals surface area contributed by atoms with Crippen LogP contribution < -0.4 is 0 Å². The molecule has 0 radical (unpaired) electrons. The molecule has 1 fully saturated rings. The lowest BCUT2D eigenvalue weighted by molar-refractivity contribution is 0.0844. The van der Waals surface area contributed by atoms with E-state index in [-0.39, 0.29) is 11.2 Å². The van der Waals surface area contributed by atoms with Crippen molar-refractivity contribution >= 4 is 9.84 Å². The van der Waals surface area contributed by atoms with E-state index < -0.39 is 15.9 Å². The Morgan fingerprint density at radius 3 is 2.72 bits per heavy atom. The minimum Gasteiger partial charge on any atom is -0.469 e. The van der Waals surface area contributed by atoms with Crippen LogP contribution in [-0.4, -0.2) is 25.0 Å². The zero-order valence-electron chi connectivity index (χ0n) is 10.8. The van der Waals surface area contributed by atoms with Crippen molar-refractivity contribution < 1.29 is 17.9 Å². The van der Waals surface area contributed by atoms with Gasteiger partial charge in [-0.3, -0.25) is 0 Å². The van der Waals surface area contributed by atoms with E-state index >= 15 is 0 Å². The van der Waals surface area contributed by atoms with Gasteiger partial charge in [-0.2, -0.15) is 0 Å². The highest BCUT2D eigenvalue weighted by molar-refractivity contribution is 7.91. The van der Waals surface area contributed by atoms with E-state index in [1.807, 2.05) is 6.92 Å². The van der Waals surface area contributed by atoms with Gasteiger partial charge in [-0.1, -0.05) is 6.42 Å². The molecule has 0 bridgehead atoms. The van der Waals surface area contributed by atoms with Crippen LogP contribution in [0.4, 0.5) is 0 Å². The van der Waals surface area contributed by atoms with E-state index in [0.717, 1.165) is 18.4 Å². The van der Waals surface area contributed by atoms with Crippen LogP contribution in [0, 0.1) is 12.8 Å². The van der Waals surface area contributed by atoms with Crippen molar-refractivity contribution in [3.8, 4) is 0 Å². The highest BCUT2D eigenvalue weighted by atomic mass is 32.2. The summed E-state index contributed by atoms with van der Waals surface area (Å²) in [6, 6.07) is 1.77. The number of sulfone groups is 1.